The summed E-state index contributed by atoms with van der Waals surface area (Å²) in [4.78, 5) is 26.2. The summed E-state index contributed by atoms with van der Waals surface area (Å²) >= 11 is 0. The number of ether oxygens (including phenoxy) is 2. The Hall–Kier alpha value is -3.27. The van der Waals surface area contributed by atoms with Crippen LogP contribution in [0, 0.1) is 0 Å². The lowest BCUT2D eigenvalue weighted by atomic mass is 9.93. The minimum absolute atomic E-state index is 0.0262. The molecule has 3 heterocycles. The molecule has 2 aliphatic heterocycles. The molecule has 0 spiro atoms. The van der Waals surface area contributed by atoms with E-state index in [0.29, 0.717) is 43.6 Å². The summed E-state index contributed by atoms with van der Waals surface area (Å²) in [5.41, 5.74) is 2.17. The third-order valence-electron chi connectivity index (χ3n) is 5.02. The third kappa shape index (κ3) is 3.83. The molecule has 1 unspecified atom stereocenters. The Balaban J connectivity index is 1.50. The van der Waals surface area contributed by atoms with E-state index in [-0.39, 0.29) is 18.3 Å². The van der Waals surface area contributed by atoms with Gasteiger partial charge in [-0.15, -0.1) is 0 Å². The molecule has 1 atom stereocenters. The first-order valence-electron chi connectivity index (χ1n) is 9.39. The zero-order valence-corrected chi connectivity index (χ0v) is 16.3. The highest BCUT2D eigenvalue weighted by Crippen LogP contribution is 2.35. The second-order valence-electron chi connectivity index (χ2n) is 6.92. The Morgan fingerprint density at radius 1 is 1.24 bits per heavy atom. The fourth-order valence-corrected chi connectivity index (χ4v) is 3.57. The van der Waals surface area contributed by atoms with Crippen molar-refractivity contribution in [2.75, 3.05) is 38.2 Å². The van der Waals surface area contributed by atoms with E-state index in [1.807, 2.05) is 19.1 Å². The quantitative estimate of drug-likeness (QED) is 0.787. The molecule has 1 aromatic carbocycles. The van der Waals surface area contributed by atoms with E-state index >= 15 is 0 Å². The zero-order valence-electron chi connectivity index (χ0n) is 16.3. The number of nitrogens with zero attached hydrogens (tertiary/aromatic N) is 5. The molecule has 2 aliphatic rings. The first-order valence-corrected chi connectivity index (χ1v) is 9.39. The van der Waals surface area contributed by atoms with Crippen LogP contribution in [0.1, 0.15) is 25.5 Å². The van der Waals surface area contributed by atoms with Crippen LogP contribution in [0.2, 0.25) is 0 Å². The Morgan fingerprint density at radius 2 is 1.97 bits per heavy atom. The summed E-state index contributed by atoms with van der Waals surface area (Å²) in [5, 5.41) is 14.7. The monoisotopic (exact) mass is 398 g/mol. The summed E-state index contributed by atoms with van der Waals surface area (Å²) < 4.78 is 12.5. The number of fused-ring (bicyclic) bond motifs is 1. The van der Waals surface area contributed by atoms with Gasteiger partial charge in [-0.3, -0.25) is 9.59 Å². The number of carbonyl (C=O) groups is 2. The Morgan fingerprint density at radius 3 is 2.66 bits per heavy atom. The second kappa shape index (κ2) is 8.00. The molecule has 10 heteroatoms. The fourth-order valence-electron chi connectivity index (χ4n) is 3.57. The van der Waals surface area contributed by atoms with E-state index in [0.717, 1.165) is 11.3 Å². The summed E-state index contributed by atoms with van der Waals surface area (Å²) in [7, 11) is 0. The number of tetrazole rings is 1. The number of Topliss-reactive ketones (excluding diaryl/α,β-unsaturated/α-hetero) is 1. The molecule has 1 aromatic heterocycles. The van der Waals surface area contributed by atoms with Crippen molar-refractivity contribution in [2.24, 2.45) is 0 Å². The average Bonchev–Trinajstić information content (AvgIpc) is 3.20. The highest BCUT2D eigenvalue weighted by molar-refractivity contribution is 5.96. The number of nitrogens with one attached hydrogen (secondary N) is 1. The molecular formula is C19H22N6O4. The number of rotatable bonds is 5. The molecule has 1 amide bonds. The second-order valence-corrected chi connectivity index (χ2v) is 6.92. The van der Waals surface area contributed by atoms with Crippen LogP contribution in [0.5, 0.6) is 5.75 Å². The lowest BCUT2D eigenvalue weighted by Crippen LogP contribution is -2.42. The summed E-state index contributed by atoms with van der Waals surface area (Å²) in [6.45, 7) is 5.62. The summed E-state index contributed by atoms with van der Waals surface area (Å²) in [6.07, 6.45) is 0. The van der Waals surface area contributed by atoms with E-state index in [1.165, 1.54) is 6.92 Å². The number of hydrogen-bond acceptors (Lipinski definition) is 8. The van der Waals surface area contributed by atoms with Crippen molar-refractivity contribution in [1.82, 2.24) is 25.1 Å². The maximum atomic E-state index is 12.3. The van der Waals surface area contributed by atoms with Crippen LogP contribution in [-0.4, -0.2) is 69.7 Å². The van der Waals surface area contributed by atoms with Crippen molar-refractivity contribution < 1.29 is 19.1 Å². The van der Waals surface area contributed by atoms with E-state index in [4.69, 9.17) is 9.47 Å². The van der Waals surface area contributed by atoms with Crippen LogP contribution < -0.4 is 10.1 Å². The maximum Gasteiger partial charge on any atom is 0.260 e. The van der Waals surface area contributed by atoms with E-state index in [9.17, 15) is 9.59 Å². The Kier molecular flexibility index (Phi) is 5.26. The van der Waals surface area contributed by atoms with Crippen LogP contribution in [0.4, 0.5) is 5.95 Å². The third-order valence-corrected chi connectivity index (χ3v) is 5.02. The topological polar surface area (TPSA) is 111 Å². The first-order chi connectivity index (χ1) is 14.0. The minimum Gasteiger partial charge on any atom is -0.484 e. The van der Waals surface area contributed by atoms with E-state index < -0.39 is 6.04 Å². The van der Waals surface area contributed by atoms with E-state index in [2.05, 4.69) is 20.8 Å². The average molecular weight is 398 g/mol. The van der Waals surface area contributed by atoms with Gasteiger partial charge in [-0.25, -0.2) is 0 Å². The smallest absolute Gasteiger partial charge is 0.260 e. The minimum atomic E-state index is -0.428. The van der Waals surface area contributed by atoms with Gasteiger partial charge in [-0.05, 0) is 42.0 Å². The number of aromatic nitrogens is 4. The molecule has 0 aliphatic carbocycles. The van der Waals surface area contributed by atoms with Crippen molar-refractivity contribution in [3.63, 3.8) is 0 Å². The first kappa shape index (κ1) is 19.1. The molecule has 0 bridgehead atoms. The lowest BCUT2D eigenvalue weighted by Gasteiger charge is -2.27. The lowest BCUT2D eigenvalue weighted by molar-refractivity contribution is -0.137. The number of hydrogen-bond donors (Lipinski definition) is 1. The molecule has 0 saturated carbocycles. The molecule has 0 radical (unpaired) electrons. The van der Waals surface area contributed by atoms with Gasteiger partial charge in [0.2, 0.25) is 5.95 Å². The van der Waals surface area contributed by atoms with Gasteiger partial charge in [0, 0.05) is 24.4 Å². The number of ketones is 1. The fraction of sp³-hybridized carbons (Fsp3) is 0.421. The van der Waals surface area contributed by atoms with Crippen LogP contribution in [0.15, 0.2) is 35.5 Å². The van der Waals surface area contributed by atoms with Crippen LogP contribution in [0.3, 0.4) is 0 Å². The number of carbonyl (C=O) groups excluding carboxylic acids is 2. The Bertz CT molecular complexity index is 946. The molecule has 29 heavy (non-hydrogen) atoms. The highest BCUT2D eigenvalue weighted by Gasteiger charge is 2.32. The molecule has 2 aromatic rings. The van der Waals surface area contributed by atoms with Gasteiger partial charge in [-0.1, -0.05) is 17.2 Å². The van der Waals surface area contributed by atoms with Crippen molar-refractivity contribution in [2.45, 2.75) is 19.9 Å². The molecular weight excluding hydrogens is 376 g/mol. The standard InChI is InChI=1S/C19H22N6O4/c1-12-17(13(2)26)18(25-19(20-12)21-22-23-25)14-3-5-15(6-4-14)29-11-16(27)24-7-9-28-10-8-24/h3-6,18H,7-11H2,1-2H3,(H,20,21,23). The van der Waals surface area contributed by atoms with Crippen LogP contribution in [0.25, 0.3) is 0 Å². The largest absolute Gasteiger partial charge is 0.484 e. The summed E-state index contributed by atoms with van der Waals surface area (Å²) in [5.74, 6) is 0.935. The Labute approximate surface area is 167 Å². The molecule has 10 nitrogen and oxygen atoms in total. The van der Waals surface area contributed by atoms with E-state index in [1.54, 1.807) is 21.7 Å². The molecule has 1 fully saturated rings. The zero-order chi connectivity index (χ0) is 20.4. The SMILES string of the molecule is CC(=O)C1=C(C)Nc2nnnn2C1c1ccc(OCC(=O)N2CCOCC2)cc1. The predicted molar refractivity (Wildman–Crippen MR) is 102 cm³/mol. The van der Waals surface area contributed by atoms with Gasteiger partial charge in [0.25, 0.3) is 5.91 Å². The van der Waals surface area contributed by atoms with Crippen molar-refractivity contribution >= 4 is 17.6 Å². The van der Waals surface area contributed by atoms with Gasteiger partial charge in [0.15, 0.2) is 12.4 Å². The van der Waals surface area contributed by atoms with Crippen molar-refractivity contribution in [3.8, 4) is 5.75 Å². The summed E-state index contributed by atoms with van der Waals surface area (Å²) in [6, 6.07) is 6.84. The van der Waals surface area contributed by atoms with Gasteiger partial charge >= 0.3 is 0 Å². The highest BCUT2D eigenvalue weighted by atomic mass is 16.5. The number of allylic oxidation sites excluding steroid dienone is 2. The molecule has 4 rings (SSSR count). The molecule has 1 saturated heterocycles. The van der Waals surface area contributed by atoms with Gasteiger partial charge in [0.1, 0.15) is 11.8 Å². The number of anilines is 1. The molecule has 1 N–H and O–H groups in total. The molecule has 152 valence electrons. The number of amides is 1. The number of morpholine rings is 1. The van der Waals surface area contributed by atoms with Crippen LogP contribution in [-0.2, 0) is 14.3 Å². The van der Waals surface area contributed by atoms with Gasteiger partial charge in [0.05, 0.1) is 13.2 Å². The van der Waals surface area contributed by atoms with Gasteiger partial charge in [-0.2, -0.15) is 4.68 Å². The predicted octanol–water partition coefficient (Wildman–Crippen LogP) is 0.789. The van der Waals surface area contributed by atoms with Gasteiger partial charge < -0.3 is 19.7 Å². The normalized spacial score (nSPS) is 18.8. The number of benzene rings is 1. The van der Waals surface area contributed by atoms with Crippen molar-refractivity contribution in [3.05, 3.63) is 41.1 Å². The van der Waals surface area contributed by atoms with Crippen LogP contribution >= 0.6 is 0 Å². The van der Waals surface area contributed by atoms with Crippen molar-refractivity contribution in [1.29, 1.82) is 0 Å². The maximum absolute atomic E-state index is 12.3.